The van der Waals surface area contributed by atoms with Gasteiger partial charge in [0.2, 0.25) is 5.88 Å². The van der Waals surface area contributed by atoms with Crippen molar-refractivity contribution >= 4 is 5.88 Å². The van der Waals surface area contributed by atoms with Gasteiger partial charge in [-0.2, -0.15) is 0 Å². The smallest absolute Gasteiger partial charge is 0.230 e. The van der Waals surface area contributed by atoms with Gasteiger partial charge < -0.3 is 10.3 Å². The Kier molecular flexibility index (Phi) is 2.81. The van der Waals surface area contributed by atoms with Crippen LogP contribution in [0.1, 0.15) is 44.7 Å². The fraction of sp³-hybridized carbons (Fsp3) is 0.467. The highest BCUT2D eigenvalue weighted by molar-refractivity contribution is 5.75. The molecule has 2 N–H and O–H groups in total. The van der Waals surface area contributed by atoms with Crippen LogP contribution < -0.4 is 5.73 Å². The van der Waals surface area contributed by atoms with Crippen molar-refractivity contribution in [1.82, 2.24) is 10.1 Å². The molecule has 0 amide bonds. The molecule has 0 spiro atoms. The van der Waals surface area contributed by atoms with Gasteiger partial charge >= 0.3 is 0 Å². The zero-order valence-corrected chi connectivity index (χ0v) is 11.4. The summed E-state index contributed by atoms with van der Waals surface area (Å²) in [6.45, 7) is 4.59. The molecule has 0 aliphatic heterocycles. The van der Waals surface area contributed by atoms with Crippen LogP contribution in [0.4, 0.5) is 5.88 Å². The Labute approximate surface area is 113 Å². The first kappa shape index (κ1) is 12.2. The van der Waals surface area contributed by atoms with E-state index in [1.165, 1.54) is 12.8 Å². The molecule has 100 valence electrons. The minimum Gasteiger partial charge on any atom is -0.367 e. The van der Waals surface area contributed by atoms with E-state index in [1.54, 1.807) is 12.4 Å². The van der Waals surface area contributed by atoms with E-state index in [9.17, 15) is 0 Å². The van der Waals surface area contributed by atoms with Crippen molar-refractivity contribution in [3.05, 3.63) is 30.2 Å². The summed E-state index contributed by atoms with van der Waals surface area (Å²) in [5.41, 5.74) is 9.22. The molecule has 2 heterocycles. The number of nitrogens with zero attached hydrogens (tertiary/aromatic N) is 2. The molecule has 1 unspecified atom stereocenters. The highest BCUT2D eigenvalue weighted by Crippen LogP contribution is 2.51. The molecule has 1 saturated carbocycles. The van der Waals surface area contributed by atoms with E-state index < -0.39 is 0 Å². The number of nitrogen functional groups attached to an aromatic ring is 1. The lowest BCUT2D eigenvalue weighted by Gasteiger charge is -2.25. The maximum atomic E-state index is 5.98. The minimum atomic E-state index is 0.255. The van der Waals surface area contributed by atoms with Crippen LogP contribution in [-0.2, 0) is 0 Å². The third-order valence-corrected chi connectivity index (χ3v) is 4.30. The zero-order valence-electron chi connectivity index (χ0n) is 11.4. The Balaban J connectivity index is 2.09. The monoisotopic (exact) mass is 257 g/mol. The second-order valence-electron chi connectivity index (χ2n) is 5.98. The Morgan fingerprint density at radius 1 is 1.32 bits per heavy atom. The van der Waals surface area contributed by atoms with Crippen molar-refractivity contribution in [2.45, 2.75) is 39.0 Å². The average Bonchev–Trinajstić information content (AvgIpc) is 2.92. The average molecular weight is 257 g/mol. The molecule has 1 aliphatic carbocycles. The molecule has 0 aromatic carbocycles. The van der Waals surface area contributed by atoms with E-state index in [1.807, 2.05) is 12.1 Å². The van der Waals surface area contributed by atoms with Crippen LogP contribution in [0.25, 0.3) is 11.1 Å². The van der Waals surface area contributed by atoms with E-state index in [2.05, 4.69) is 24.0 Å². The Morgan fingerprint density at radius 3 is 2.68 bits per heavy atom. The van der Waals surface area contributed by atoms with Gasteiger partial charge in [0.15, 0.2) is 0 Å². The van der Waals surface area contributed by atoms with Crippen molar-refractivity contribution in [2.24, 2.45) is 5.41 Å². The summed E-state index contributed by atoms with van der Waals surface area (Å²) in [6, 6.07) is 3.91. The summed E-state index contributed by atoms with van der Waals surface area (Å²) in [6.07, 6.45) is 7.15. The molecule has 0 bridgehead atoms. The minimum absolute atomic E-state index is 0.255. The van der Waals surface area contributed by atoms with Gasteiger partial charge in [-0.05, 0) is 36.0 Å². The first-order chi connectivity index (χ1) is 9.09. The van der Waals surface area contributed by atoms with E-state index in [0.717, 1.165) is 23.2 Å². The number of nitrogens with two attached hydrogens (primary N) is 1. The summed E-state index contributed by atoms with van der Waals surface area (Å²) in [5, 5.41) is 4.25. The summed E-state index contributed by atoms with van der Waals surface area (Å²) < 4.78 is 5.26. The third kappa shape index (κ3) is 2.01. The molecule has 0 radical (unpaired) electrons. The van der Waals surface area contributed by atoms with Gasteiger partial charge in [-0.25, -0.2) is 0 Å². The third-order valence-electron chi connectivity index (χ3n) is 4.30. The molecule has 4 nitrogen and oxygen atoms in total. The fourth-order valence-electron chi connectivity index (χ4n) is 3.20. The van der Waals surface area contributed by atoms with Gasteiger partial charge in [0.1, 0.15) is 0 Å². The predicted octanol–water partition coefficient (Wildman–Crippen LogP) is 3.61. The van der Waals surface area contributed by atoms with E-state index >= 15 is 0 Å². The van der Waals surface area contributed by atoms with Gasteiger partial charge in [-0.3, -0.25) is 4.98 Å². The zero-order chi connectivity index (χ0) is 13.5. The summed E-state index contributed by atoms with van der Waals surface area (Å²) >= 11 is 0. The van der Waals surface area contributed by atoms with Crippen LogP contribution in [-0.4, -0.2) is 10.1 Å². The molecule has 1 atom stereocenters. The van der Waals surface area contributed by atoms with Gasteiger partial charge in [-0.1, -0.05) is 25.4 Å². The molecule has 3 rings (SSSR count). The van der Waals surface area contributed by atoms with Crippen molar-refractivity contribution < 1.29 is 4.52 Å². The van der Waals surface area contributed by atoms with Gasteiger partial charge in [0, 0.05) is 18.3 Å². The fourth-order valence-corrected chi connectivity index (χ4v) is 3.20. The summed E-state index contributed by atoms with van der Waals surface area (Å²) in [4.78, 5) is 4.05. The second-order valence-corrected chi connectivity index (χ2v) is 5.98. The van der Waals surface area contributed by atoms with Crippen molar-refractivity contribution in [3.63, 3.8) is 0 Å². The van der Waals surface area contributed by atoms with Crippen LogP contribution in [0, 0.1) is 5.41 Å². The number of pyridine rings is 1. The van der Waals surface area contributed by atoms with Crippen LogP contribution in [0.2, 0.25) is 0 Å². The maximum absolute atomic E-state index is 5.98. The van der Waals surface area contributed by atoms with E-state index in [-0.39, 0.29) is 5.41 Å². The summed E-state index contributed by atoms with van der Waals surface area (Å²) in [7, 11) is 0. The van der Waals surface area contributed by atoms with E-state index in [0.29, 0.717) is 11.8 Å². The Hall–Kier alpha value is -1.84. The van der Waals surface area contributed by atoms with Crippen molar-refractivity contribution in [1.29, 1.82) is 0 Å². The number of rotatable bonds is 2. The van der Waals surface area contributed by atoms with Gasteiger partial charge in [0.25, 0.3) is 0 Å². The lowest BCUT2D eigenvalue weighted by atomic mass is 9.78. The summed E-state index contributed by atoms with van der Waals surface area (Å²) in [5.74, 6) is 0.820. The van der Waals surface area contributed by atoms with Crippen LogP contribution in [0.15, 0.2) is 29.0 Å². The lowest BCUT2D eigenvalue weighted by molar-refractivity contribution is 0.314. The highest BCUT2D eigenvalue weighted by atomic mass is 16.5. The van der Waals surface area contributed by atoms with Crippen LogP contribution in [0.5, 0.6) is 0 Å². The molecule has 2 aromatic rings. The highest BCUT2D eigenvalue weighted by Gasteiger charge is 2.39. The molecule has 1 fully saturated rings. The molecular weight excluding hydrogens is 238 g/mol. The Bertz CT molecular complexity index is 574. The van der Waals surface area contributed by atoms with Crippen LogP contribution in [0.3, 0.4) is 0 Å². The van der Waals surface area contributed by atoms with Gasteiger partial charge in [-0.15, -0.1) is 0 Å². The molecular formula is C15H19N3O. The van der Waals surface area contributed by atoms with Crippen LogP contribution >= 0.6 is 0 Å². The maximum Gasteiger partial charge on any atom is 0.230 e. The number of aromatic nitrogens is 2. The standard InChI is InChI=1S/C15H19N3O/c1-15(2)7-3-4-11(15)13-12(14(16)19-18-13)10-5-8-17-9-6-10/h5-6,8-9,11H,3-4,7,16H2,1-2H3. The number of hydrogen-bond acceptors (Lipinski definition) is 4. The van der Waals surface area contributed by atoms with E-state index in [4.69, 9.17) is 10.3 Å². The number of anilines is 1. The topological polar surface area (TPSA) is 64.9 Å². The van der Waals surface area contributed by atoms with Crippen molar-refractivity contribution in [2.75, 3.05) is 5.73 Å². The SMILES string of the molecule is CC1(C)CCCC1c1noc(N)c1-c1ccncc1. The van der Waals surface area contributed by atoms with Crippen molar-refractivity contribution in [3.8, 4) is 11.1 Å². The second kappa shape index (κ2) is 4.37. The molecule has 1 aliphatic rings. The predicted molar refractivity (Wildman–Crippen MR) is 74.5 cm³/mol. The molecule has 2 aromatic heterocycles. The molecule has 0 saturated heterocycles. The quantitative estimate of drug-likeness (QED) is 0.892. The first-order valence-electron chi connectivity index (χ1n) is 6.75. The molecule has 4 heteroatoms. The molecule has 19 heavy (non-hydrogen) atoms. The Morgan fingerprint density at radius 2 is 2.05 bits per heavy atom. The number of hydrogen-bond donors (Lipinski definition) is 1. The largest absolute Gasteiger partial charge is 0.367 e. The first-order valence-corrected chi connectivity index (χ1v) is 6.75. The normalized spacial score (nSPS) is 21.7. The van der Waals surface area contributed by atoms with Gasteiger partial charge in [0.05, 0.1) is 11.3 Å². The lowest BCUT2D eigenvalue weighted by Crippen LogP contribution is -2.16.